The molecule has 0 saturated heterocycles. The van der Waals surface area contributed by atoms with Crippen LogP contribution in [0.15, 0.2) is 48.5 Å². The normalized spacial score (nSPS) is 11.0. The summed E-state index contributed by atoms with van der Waals surface area (Å²) in [4.78, 5) is 12.3. The summed E-state index contributed by atoms with van der Waals surface area (Å²) in [7, 11) is -3.57. The summed E-state index contributed by atoms with van der Waals surface area (Å²) in [6.45, 7) is 4.37. The summed E-state index contributed by atoms with van der Waals surface area (Å²) in [5.41, 5.74) is 2.20. The summed E-state index contributed by atoms with van der Waals surface area (Å²) < 4.78 is 30.7. The van der Waals surface area contributed by atoms with Crippen LogP contribution in [0.4, 0.5) is 5.69 Å². The van der Waals surface area contributed by atoms with Crippen molar-refractivity contribution in [2.45, 2.75) is 20.4 Å². The van der Waals surface area contributed by atoms with Crippen LogP contribution in [-0.4, -0.2) is 33.7 Å². The van der Waals surface area contributed by atoms with Crippen LogP contribution in [0.25, 0.3) is 0 Å². The summed E-state index contributed by atoms with van der Waals surface area (Å²) in [6.07, 6.45) is 1.10. The number of para-hydroxylation sites is 1. The van der Waals surface area contributed by atoms with Gasteiger partial charge in [-0.25, -0.2) is 8.42 Å². The molecular formula is C19H24N2O4S. The van der Waals surface area contributed by atoms with Gasteiger partial charge in [-0.15, -0.1) is 0 Å². The van der Waals surface area contributed by atoms with Crippen LogP contribution < -0.4 is 14.4 Å². The molecule has 0 saturated carbocycles. The van der Waals surface area contributed by atoms with Crippen LogP contribution in [0.5, 0.6) is 5.75 Å². The second-order valence-corrected chi connectivity index (χ2v) is 7.82. The summed E-state index contributed by atoms with van der Waals surface area (Å²) >= 11 is 0. The summed E-state index contributed by atoms with van der Waals surface area (Å²) in [6, 6.07) is 14.5. The third-order valence-electron chi connectivity index (χ3n) is 3.80. The maximum absolute atomic E-state index is 12.3. The van der Waals surface area contributed by atoms with E-state index in [-0.39, 0.29) is 12.5 Å². The molecule has 2 aromatic carbocycles. The Morgan fingerprint density at radius 1 is 1.12 bits per heavy atom. The molecule has 0 spiro atoms. The van der Waals surface area contributed by atoms with E-state index in [0.717, 1.165) is 27.4 Å². The van der Waals surface area contributed by atoms with Crippen LogP contribution in [0.1, 0.15) is 18.1 Å². The number of aryl methyl sites for hydroxylation is 1. The third kappa shape index (κ3) is 5.49. The Bertz CT molecular complexity index is 848. The van der Waals surface area contributed by atoms with Crippen LogP contribution in [0, 0.1) is 6.92 Å². The minimum absolute atomic E-state index is 0.263. The average molecular weight is 376 g/mol. The van der Waals surface area contributed by atoms with Gasteiger partial charge in [-0.05, 0) is 43.2 Å². The molecule has 0 aliphatic heterocycles. The molecule has 7 heteroatoms. The first kappa shape index (κ1) is 19.8. The lowest BCUT2D eigenvalue weighted by molar-refractivity contribution is -0.119. The fourth-order valence-electron chi connectivity index (χ4n) is 2.48. The van der Waals surface area contributed by atoms with Gasteiger partial charge < -0.3 is 10.1 Å². The van der Waals surface area contributed by atoms with Gasteiger partial charge in [0.2, 0.25) is 15.9 Å². The van der Waals surface area contributed by atoms with Crippen molar-refractivity contribution >= 4 is 21.6 Å². The van der Waals surface area contributed by atoms with E-state index in [1.54, 1.807) is 12.1 Å². The van der Waals surface area contributed by atoms with Crippen LogP contribution in [-0.2, 0) is 21.4 Å². The SMILES string of the molecule is CCOc1ccc(CNC(=O)CN(c2ccccc2C)S(C)(=O)=O)cc1. The average Bonchev–Trinajstić information content (AvgIpc) is 2.59. The van der Waals surface area contributed by atoms with E-state index in [1.165, 1.54) is 0 Å². The molecule has 0 radical (unpaired) electrons. The first-order valence-electron chi connectivity index (χ1n) is 8.33. The Kier molecular flexibility index (Phi) is 6.63. The zero-order valence-corrected chi connectivity index (χ0v) is 16.0. The van der Waals surface area contributed by atoms with Gasteiger partial charge in [-0.2, -0.15) is 0 Å². The lowest BCUT2D eigenvalue weighted by Crippen LogP contribution is -2.40. The molecule has 140 valence electrons. The molecule has 0 heterocycles. The molecule has 2 aromatic rings. The number of nitrogens with zero attached hydrogens (tertiary/aromatic N) is 1. The topological polar surface area (TPSA) is 75.7 Å². The maximum atomic E-state index is 12.3. The second kappa shape index (κ2) is 8.71. The predicted octanol–water partition coefficient (Wildman–Crippen LogP) is 2.48. The van der Waals surface area contributed by atoms with Gasteiger partial charge in [0, 0.05) is 6.54 Å². The van der Waals surface area contributed by atoms with Gasteiger partial charge in [0.25, 0.3) is 0 Å². The Morgan fingerprint density at radius 3 is 2.35 bits per heavy atom. The fourth-order valence-corrected chi connectivity index (χ4v) is 3.40. The number of carbonyl (C=O) groups is 1. The smallest absolute Gasteiger partial charge is 0.241 e. The van der Waals surface area contributed by atoms with Crippen molar-refractivity contribution < 1.29 is 17.9 Å². The van der Waals surface area contributed by atoms with E-state index < -0.39 is 10.0 Å². The van der Waals surface area contributed by atoms with Crippen molar-refractivity contribution in [2.24, 2.45) is 0 Å². The summed E-state index contributed by atoms with van der Waals surface area (Å²) in [5, 5.41) is 2.76. The number of amides is 1. The minimum Gasteiger partial charge on any atom is -0.494 e. The van der Waals surface area contributed by atoms with Gasteiger partial charge in [0.15, 0.2) is 0 Å². The molecule has 0 fully saturated rings. The Hall–Kier alpha value is -2.54. The lowest BCUT2D eigenvalue weighted by Gasteiger charge is -2.23. The molecule has 1 N–H and O–H groups in total. The number of ether oxygens (including phenoxy) is 1. The molecular weight excluding hydrogens is 352 g/mol. The van der Waals surface area contributed by atoms with Gasteiger partial charge in [-0.3, -0.25) is 9.10 Å². The Balaban J connectivity index is 2.03. The molecule has 2 rings (SSSR count). The highest BCUT2D eigenvalue weighted by Crippen LogP contribution is 2.21. The van der Waals surface area contributed by atoms with E-state index in [4.69, 9.17) is 4.74 Å². The number of carbonyl (C=O) groups excluding carboxylic acids is 1. The van der Waals surface area contributed by atoms with Crippen LogP contribution in [0.2, 0.25) is 0 Å². The monoisotopic (exact) mass is 376 g/mol. The zero-order valence-electron chi connectivity index (χ0n) is 15.2. The van der Waals surface area contributed by atoms with Crippen molar-refractivity contribution in [3.63, 3.8) is 0 Å². The standard InChI is InChI=1S/C19H24N2O4S/c1-4-25-17-11-9-16(10-12-17)13-20-19(22)14-21(26(3,23)24)18-8-6-5-7-15(18)2/h5-12H,4,13-14H2,1-3H3,(H,20,22). The van der Waals surface area contributed by atoms with Crippen molar-refractivity contribution in [1.82, 2.24) is 5.32 Å². The first-order valence-corrected chi connectivity index (χ1v) is 10.2. The van der Waals surface area contributed by atoms with Gasteiger partial charge in [0.05, 0.1) is 18.6 Å². The third-order valence-corrected chi connectivity index (χ3v) is 4.92. The summed E-state index contributed by atoms with van der Waals surface area (Å²) in [5.74, 6) is 0.401. The van der Waals surface area contributed by atoms with Crippen LogP contribution in [0.3, 0.4) is 0 Å². The fraction of sp³-hybridized carbons (Fsp3) is 0.316. The number of sulfonamides is 1. The number of hydrogen-bond donors (Lipinski definition) is 1. The molecule has 6 nitrogen and oxygen atoms in total. The van der Waals surface area contributed by atoms with E-state index in [2.05, 4.69) is 5.32 Å². The second-order valence-electron chi connectivity index (χ2n) is 5.91. The number of anilines is 1. The molecule has 0 aliphatic rings. The largest absolute Gasteiger partial charge is 0.494 e. The molecule has 26 heavy (non-hydrogen) atoms. The predicted molar refractivity (Wildman–Crippen MR) is 103 cm³/mol. The molecule has 0 bridgehead atoms. The molecule has 0 atom stereocenters. The number of rotatable bonds is 8. The van der Waals surface area contributed by atoms with Gasteiger partial charge in [-0.1, -0.05) is 30.3 Å². The maximum Gasteiger partial charge on any atom is 0.241 e. The van der Waals surface area contributed by atoms with E-state index >= 15 is 0 Å². The number of hydrogen-bond acceptors (Lipinski definition) is 4. The van der Waals surface area contributed by atoms with Crippen molar-refractivity contribution in [2.75, 3.05) is 23.7 Å². The highest BCUT2D eigenvalue weighted by molar-refractivity contribution is 7.92. The molecule has 1 amide bonds. The zero-order chi connectivity index (χ0) is 19.2. The van der Waals surface area contributed by atoms with Crippen molar-refractivity contribution in [3.8, 4) is 5.75 Å². The van der Waals surface area contributed by atoms with E-state index in [9.17, 15) is 13.2 Å². The molecule has 0 aliphatic carbocycles. The number of nitrogens with one attached hydrogen (secondary N) is 1. The highest BCUT2D eigenvalue weighted by Gasteiger charge is 2.21. The Labute approximate surface area is 154 Å². The van der Waals surface area contributed by atoms with Crippen molar-refractivity contribution in [3.05, 3.63) is 59.7 Å². The molecule has 0 aromatic heterocycles. The molecule has 0 unspecified atom stereocenters. The minimum atomic E-state index is -3.57. The van der Waals surface area contributed by atoms with E-state index in [0.29, 0.717) is 18.8 Å². The first-order chi connectivity index (χ1) is 12.3. The van der Waals surface area contributed by atoms with Crippen molar-refractivity contribution in [1.29, 1.82) is 0 Å². The number of benzene rings is 2. The van der Waals surface area contributed by atoms with Gasteiger partial charge >= 0.3 is 0 Å². The van der Waals surface area contributed by atoms with Crippen LogP contribution >= 0.6 is 0 Å². The van der Waals surface area contributed by atoms with E-state index in [1.807, 2.05) is 50.2 Å². The highest BCUT2D eigenvalue weighted by atomic mass is 32.2. The lowest BCUT2D eigenvalue weighted by atomic mass is 10.2. The Morgan fingerprint density at radius 2 is 1.77 bits per heavy atom. The van der Waals surface area contributed by atoms with Gasteiger partial charge in [0.1, 0.15) is 12.3 Å². The quantitative estimate of drug-likeness (QED) is 0.768.